The molecule has 0 aromatic carbocycles. The second-order valence-corrected chi connectivity index (χ2v) is 7.25. The molecule has 7 heteroatoms. The molecule has 23 heavy (non-hydrogen) atoms. The molecule has 1 N–H and O–H groups in total. The molecule has 126 valence electrons. The molecule has 1 aromatic rings. The van der Waals surface area contributed by atoms with Crippen molar-refractivity contribution in [3.8, 4) is 0 Å². The van der Waals surface area contributed by atoms with Crippen LogP contribution in [0.25, 0.3) is 0 Å². The molecule has 3 rings (SSSR count). The van der Waals surface area contributed by atoms with Gasteiger partial charge in [-0.3, -0.25) is 14.2 Å². The first kappa shape index (κ1) is 16.5. The van der Waals surface area contributed by atoms with Gasteiger partial charge in [-0.25, -0.2) is 4.98 Å². The van der Waals surface area contributed by atoms with Gasteiger partial charge in [-0.1, -0.05) is 31.5 Å². The molecule has 0 saturated heterocycles. The zero-order valence-corrected chi connectivity index (χ0v) is 14.2. The third-order valence-corrected chi connectivity index (χ3v) is 5.52. The van der Waals surface area contributed by atoms with E-state index in [0.29, 0.717) is 36.9 Å². The van der Waals surface area contributed by atoms with E-state index in [1.54, 1.807) is 16.3 Å². The third-order valence-electron chi connectivity index (χ3n) is 4.55. The van der Waals surface area contributed by atoms with Crippen molar-refractivity contribution >= 4 is 17.7 Å². The van der Waals surface area contributed by atoms with Crippen molar-refractivity contribution < 1.29 is 9.53 Å². The summed E-state index contributed by atoms with van der Waals surface area (Å²) in [6.45, 7) is 3.74. The molecule has 0 radical (unpaired) electrons. The SMILES string of the molecule is CC1CCCCC1OCCNC(=O)c1cnc2n(c1=O)CCS2. The smallest absolute Gasteiger partial charge is 0.267 e. The molecule has 2 unspecified atom stereocenters. The van der Waals surface area contributed by atoms with Gasteiger partial charge in [-0.2, -0.15) is 0 Å². The van der Waals surface area contributed by atoms with E-state index in [1.807, 2.05) is 0 Å². The van der Waals surface area contributed by atoms with Gasteiger partial charge in [0, 0.05) is 25.0 Å². The van der Waals surface area contributed by atoms with Crippen LogP contribution in [-0.4, -0.2) is 40.5 Å². The molecule has 1 aromatic heterocycles. The molecule has 1 fully saturated rings. The molecule has 6 nitrogen and oxygen atoms in total. The maximum atomic E-state index is 12.2. The molecular weight excluding hydrogens is 314 g/mol. The van der Waals surface area contributed by atoms with Crippen LogP contribution in [0.4, 0.5) is 0 Å². The van der Waals surface area contributed by atoms with Crippen molar-refractivity contribution in [3.05, 3.63) is 22.1 Å². The van der Waals surface area contributed by atoms with Crippen molar-refractivity contribution in [2.45, 2.75) is 50.4 Å². The average molecular weight is 337 g/mol. The van der Waals surface area contributed by atoms with Gasteiger partial charge in [0.05, 0.1) is 12.7 Å². The first-order valence-electron chi connectivity index (χ1n) is 8.29. The Bertz CT molecular complexity index is 631. The van der Waals surface area contributed by atoms with Gasteiger partial charge >= 0.3 is 0 Å². The van der Waals surface area contributed by atoms with E-state index in [0.717, 1.165) is 12.2 Å². The summed E-state index contributed by atoms with van der Waals surface area (Å²) in [7, 11) is 0. The van der Waals surface area contributed by atoms with Crippen molar-refractivity contribution in [1.82, 2.24) is 14.9 Å². The van der Waals surface area contributed by atoms with Crippen LogP contribution in [0.1, 0.15) is 43.0 Å². The number of hydrogen-bond donors (Lipinski definition) is 1. The van der Waals surface area contributed by atoms with Gasteiger partial charge in [-0.15, -0.1) is 0 Å². The number of fused-ring (bicyclic) bond motifs is 1. The second-order valence-electron chi connectivity index (χ2n) is 6.19. The fraction of sp³-hybridized carbons (Fsp3) is 0.688. The standard InChI is InChI=1S/C16H23N3O3S/c1-11-4-2-3-5-13(11)22-8-6-17-14(20)12-10-18-16-19(15(12)21)7-9-23-16/h10-11,13H,2-9H2,1H3,(H,17,20). The van der Waals surface area contributed by atoms with Gasteiger partial charge in [0.25, 0.3) is 11.5 Å². The Kier molecular flexibility index (Phi) is 5.38. The topological polar surface area (TPSA) is 73.2 Å². The van der Waals surface area contributed by atoms with Gasteiger partial charge < -0.3 is 10.1 Å². The fourth-order valence-electron chi connectivity index (χ4n) is 3.17. The molecule has 0 spiro atoms. The number of rotatable bonds is 5. The summed E-state index contributed by atoms with van der Waals surface area (Å²) in [4.78, 5) is 28.6. The van der Waals surface area contributed by atoms with Crippen LogP contribution in [0.5, 0.6) is 0 Å². The number of ether oxygens (including phenoxy) is 1. The maximum absolute atomic E-state index is 12.2. The van der Waals surface area contributed by atoms with Crippen LogP contribution in [0.2, 0.25) is 0 Å². The minimum Gasteiger partial charge on any atom is -0.376 e. The van der Waals surface area contributed by atoms with E-state index in [9.17, 15) is 9.59 Å². The van der Waals surface area contributed by atoms with E-state index in [1.165, 1.54) is 25.5 Å². The molecule has 1 aliphatic heterocycles. The lowest BCUT2D eigenvalue weighted by Gasteiger charge is -2.28. The van der Waals surface area contributed by atoms with Crippen LogP contribution >= 0.6 is 11.8 Å². The first-order chi connectivity index (χ1) is 11.2. The lowest BCUT2D eigenvalue weighted by atomic mass is 9.88. The van der Waals surface area contributed by atoms with Gasteiger partial charge in [0.15, 0.2) is 5.16 Å². The number of hydrogen-bond acceptors (Lipinski definition) is 5. The first-order valence-corrected chi connectivity index (χ1v) is 9.28. The highest BCUT2D eigenvalue weighted by atomic mass is 32.2. The average Bonchev–Trinajstić information content (AvgIpc) is 3.03. The minimum absolute atomic E-state index is 0.113. The van der Waals surface area contributed by atoms with E-state index in [-0.39, 0.29) is 17.0 Å². The minimum atomic E-state index is -0.366. The molecule has 2 atom stereocenters. The monoisotopic (exact) mass is 337 g/mol. The predicted molar refractivity (Wildman–Crippen MR) is 88.9 cm³/mol. The van der Waals surface area contributed by atoms with Crippen LogP contribution in [-0.2, 0) is 11.3 Å². The Morgan fingerprint density at radius 2 is 2.30 bits per heavy atom. The summed E-state index contributed by atoms with van der Waals surface area (Å²) in [6, 6.07) is 0. The quantitative estimate of drug-likeness (QED) is 0.654. The Balaban J connectivity index is 1.49. The Labute approximate surface area is 140 Å². The van der Waals surface area contributed by atoms with Crippen molar-refractivity contribution in [1.29, 1.82) is 0 Å². The highest BCUT2D eigenvalue weighted by Crippen LogP contribution is 2.26. The Morgan fingerprint density at radius 1 is 1.48 bits per heavy atom. The second kappa shape index (κ2) is 7.49. The van der Waals surface area contributed by atoms with Gasteiger partial charge in [0.2, 0.25) is 0 Å². The molecule has 1 amide bonds. The highest BCUT2D eigenvalue weighted by molar-refractivity contribution is 7.99. The molecular formula is C16H23N3O3S. The van der Waals surface area contributed by atoms with Gasteiger partial charge in [0.1, 0.15) is 5.56 Å². The number of aromatic nitrogens is 2. The number of amides is 1. The molecule has 1 aliphatic carbocycles. The van der Waals surface area contributed by atoms with E-state index < -0.39 is 0 Å². The predicted octanol–water partition coefficient (Wildman–Crippen LogP) is 1.67. The molecule has 2 heterocycles. The maximum Gasteiger partial charge on any atom is 0.267 e. The van der Waals surface area contributed by atoms with Crippen LogP contribution in [0, 0.1) is 5.92 Å². The normalized spacial score (nSPS) is 23.5. The highest BCUT2D eigenvalue weighted by Gasteiger charge is 2.22. The number of nitrogens with one attached hydrogen (secondary N) is 1. The number of carbonyl (C=O) groups excluding carboxylic acids is 1. The van der Waals surface area contributed by atoms with Crippen LogP contribution in [0.15, 0.2) is 16.1 Å². The van der Waals surface area contributed by atoms with E-state index in [4.69, 9.17) is 4.74 Å². The van der Waals surface area contributed by atoms with Crippen molar-refractivity contribution in [2.75, 3.05) is 18.9 Å². The van der Waals surface area contributed by atoms with Crippen LogP contribution < -0.4 is 10.9 Å². The van der Waals surface area contributed by atoms with Crippen LogP contribution in [0.3, 0.4) is 0 Å². The zero-order valence-electron chi connectivity index (χ0n) is 13.4. The summed E-state index contributed by atoms with van der Waals surface area (Å²) in [5.74, 6) is 1.05. The summed E-state index contributed by atoms with van der Waals surface area (Å²) >= 11 is 1.54. The lowest BCUT2D eigenvalue weighted by Crippen LogP contribution is -2.36. The summed E-state index contributed by atoms with van der Waals surface area (Å²) in [5.41, 5.74) is -0.137. The summed E-state index contributed by atoms with van der Waals surface area (Å²) < 4.78 is 7.44. The van der Waals surface area contributed by atoms with Gasteiger partial charge in [-0.05, 0) is 18.8 Å². The number of carbonyl (C=O) groups is 1. The van der Waals surface area contributed by atoms with Crippen molar-refractivity contribution in [2.24, 2.45) is 5.92 Å². The summed E-state index contributed by atoms with van der Waals surface area (Å²) in [5, 5.41) is 3.46. The largest absolute Gasteiger partial charge is 0.376 e. The molecule has 1 saturated carbocycles. The lowest BCUT2D eigenvalue weighted by molar-refractivity contribution is -0.00294. The zero-order chi connectivity index (χ0) is 16.2. The Hall–Kier alpha value is -1.34. The molecule has 0 bridgehead atoms. The fourth-order valence-corrected chi connectivity index (χ4v) is 4.09. The van der Waals surface area contributed by atoms with E-state index in [2.05, 4.69) is 17.2 Å². The summed E-state index contributed by atoms with van der Waals surface area (Å²) in [6.07, 6.45) is 6.49. The Morgan fingerprint density at radius 3 is 3.13 bits per heavy atom. The third kappa shape index (κ3) is 3.77. The van der Waals surface area contributed by atoms with Crippen molar-refractivity contribution in [3.63, 3.8) is 0 Å². The number of thioether (sulfide) groups is 1. The number of nitrogens with zero attached hydrogens (tertiary/aromatic N) is 2. The molecule has 2 aliphatic rings. The van der Waals surface area contributed by atoms with E-state index >= 15 is 0 Å².